The first-order valence-corrected chi connectivity index (χ1v) is 7.86. The zero-order valence-electron chi connectivity index (χ0n) is 13.6. The summed E-state index contributed by atoms with van der Waals surface area (Å²) in [7, 11) is 0. The quantitative estimate of drug-likeness (QED) is 0.639. The van der Waals surface area contributed by atoms with E-state index in [1.807, 2.05) is 0 Å². The molecule has 1 aromatic carbocycles. The molecular formula is C16H18F3N5O. The maximum atomic E-state index is 13.1. The van der Waals surface area contributed by atoms with Crippen LogP contribution in [0.3, 0.4) is 0 Å². The number of guanidine groups is 1. The lowest BCUT2D eigenvalue weighted by Crippen LogP contribution is -2.42. The molecule has 6 nitrogen and oxygen atoms in total. The van der Waals surface area contributed by atoms with Gasteiger partial charge < -0.3 is 15.2 Å². The Bertz CT molecular complexity index is 786. The molecule has 0 radical (unpaired) electrons. The monoisotopic (exact) mass is 353 g/mol. The number of hydrogen-bond acceptors (Lipinski definition) is 4. The van der Waals surface area contributed by atoms with E-state index in [4.69, 9.17) is 15.7 Å². The van der Waals surface area contributed by atoms with Gasteiger partial charge >= 0.3 is 6.18 Å². The molecule has 2 heterocycles. The smallest absolute Gasteiger partial charge is 0.370 e. The van der Waals surface area contributed by atoms with Crippen LogP contribution < -0.4 is 5.73 Å². The maximum Gasteiger partial charge on any atom is 0.416 e. The number of likely N-dealkylation sites (tertiary alicyclic amines) is 1. The molecule has 3 rings (SSSR count). The number of benzene rings is 1. The molecular weight excluding hydrogens is 335 g/mol. The van der Waals surface area contributed by atoms with Crippen molar-refractivity contribution in [1.29, 1.82) is 5.41 Å². The number of aromatic nitrogens is 2. The lowest BCUT2D eigenvalue weighted by atomic mass is 9.98. The number of rotatable bonds is 2. The largest absolute Gasteiger partial charge is 0.416 e. The molecule has 1 atom stereocenters. The number of halogens is 3. The van der Waals surface area contributed by atoms with Gasteiger partial charge in [0.2, 0.25) is 11.7 Å². The van der Waals surface area contributed by atoms with E-state index < -0.39 is 11.7 Å². The average molecular weight is 353 g/mol. The Morgan fingerprint density at radius 2 is 2.16 bits per heavy atom. The first-order valence-electron chi connectivity index (χ1n) is 7.86. The number of nitrogens with two attached hydrogens (primary N) is 1. The van der Waals surface area contributed by atoms with Crippen molar-refractivity contribution in [2.75, 3.05) is 13.1 Å². The number of nitrogens with one attached hydrogen (secondary N) is 1. The van der Waals surface area contributed by atoms with E-state index in [0.29, 0.717) is 19.0 Å². The van der Waals surface area contributed by atoms with Crippen LogP contribution in [0.1, 0.15) is 35.8 Å². The van der Waals surface area contributed by atoms with Crippen molar-refractivity contribution in [1.82, 2.24) is 15.0 Å². The van der Waals surface area contributed by atoms with Gasteiger partial charge in [-0.3, -0.25) is 5.41 Å². The van der Waals surface area contributed by atoms with E-state index in [2.05, 4.69) is 10.1 Å². The predicted octanol–water partition coefficient (Wildman–Crippen LogP) is 3.14. The first kappa shape index (κ1) is 17.2. The second kappa shape index (κ2) is 6.38. The molecule has 25 heavy (non-hydrogen) atoms. The Kier molecular flexibility index (Phi) is 4.40. The van der Waals surface area contributed by atoms with Gasteiger partial charge in [-0.15, -0.1) is 0 Å². The zero-order valence-corrected chi connectivity index (χ0v) is 13.6. The average Bonchev–Trinajstić information content (AvgIpc) is 3.04. The second-order valence-corrected chi connectivity index (χ2v) is 6.15. The SMILES string of the molecule is Cc1ccc(-c2noc([C@@H]3CCCN(C(=N)N)C3)n2)cc1C(F)(F)F. The maximum absolute atomic E-state index is 13.1. The summed E-state index contributed by atoms with van der Waals surface area (Å²) in [4.78, 5) is 5.98. The highest BCUT2D eigenvalue weighted by Crippen LogP contribution is 2.34. The molecule has 0 spiro atoms. The van der Waals surface area contributed by atoms with Crippen LogP contribution in [0.25, 0.3) is 11.4 Å². The van der Waals surface area contributed by atoms with Gasteiger partial charge in [-0.2, -0.15) is 18.2 Å². The summed E-state index contributed by atoms with van der Waals surface area (Å²) < 4.78 is 44.4. The molecule has 3 N–H and O–H groups in total. The molecule has 1 saturated heterocycles. The van der Waals surface area contributed by atoms with E-state index in [1.165, 1.54) is 13.0 Å². The van der Waals surface area contributed by atoms with Crippen molar-refractivity contribution in [3.63, 3.8) is 0 Å². The predicted molar refractivity (Wildman–Crippen MR) is 84.9 cm³/mol. The van der Waals surface area contributed by atoms with Crippen LogP contribution in [0.2, 0.25) is 0 Å². The van der Waals surface area contributed by atoms with Gasteiger partial charge in [0.15, 0.2) is 5.96 Å². The van der Waals surface area contributed by atoms with Gasteiger partial charge in [-0.05, 0) is 31.4 Å². The molecule has 1 fully saturated rings. The molecule has 0 amide bonds. The lowest BCUT2D eigenvalue weighted by Gasteiger charge is -2.30. The first-order chi connectivity index (χ1) is 11.8. The number of aryl methyl sites for hydroxylation is 1. The van der Waals surface area contributed by atoms with Crippen LogP contribution in [-0.4, -0.2) is 34.1 Å². The fourth-order valence-electron chi connectivity index (χ4n) is 2.98. The van der Waals surface area contributed by atoms with Gasteiger partial charge in [0.1, 0.15) is 0 Å². The summed E-state index contributed by atoms with van der Waals surface area (Å²) in [5.41, 5.74) is 5.20. The van der Waals surface area contributed by atoms with Crippen molar-refractivity contribution in [3.8, 4) is 11.4 Å². The minimum atomic E-state index is -4.43. The van der Waals surface area contributed by atoms with E-state index in [0.717, 1.165) is 18.9 Å². The third-order valence-electron chi connectivity index (χ3n) is 4.35. The van der Waals surface area contributed by atoms with Crippen molar-refractivity contribution in [2.24, 2.45) is 5.73 Å². The van der Waals surface area contributed by atoms with E-state index >= 15 is 0 Å². The van der Waals surface area contributed by atoms with Gasteiger partial charge in [0.25, 0.3) is 0 Å². The highest BCUT2D eigenvalue weighted by molar-refractivity contribution is 5.74. The van der Waals surface area contributed by atoms with E-state index in [1.54, 1.807) is 11.0 Å². The van der Waals surface area contributed by atoms with Gasteiger partial charge in [0, 0.05) is 18.7 Å². The van der Waals surface area contributed by atoms with Crippen LogP contribution in [0.4, 0.5) is 13.2 Å². The Morgan fingerprint density at radius 1 is 1.40 bits per heavy atom. The van der Waals surface area contributed by atoms with Crippen molar-refractivity contribution < 1.29 is 17.7 Å². The molecule has 1 aromatic heterocycles. The van der Waals surface area contributed by atoms with Gasteiger partial charge in [-0.1, -0.05) is 17.3 Å². The van der Waals surface area contributed by atoms with Crippen LogP contribution in [0.15, 0.2) is 22.7 Å². The van der Waals surface area contributed by atoms with Crippen molar-refractivity contribution in [2.45, 2.75) is 31.9 Å². The summed E-state index contributed by atoms with van der Waals surface area (Å²) in [5, 5.41) is 11.3. The van der Waals surface area contributed by atoms with Crippen molar-refractivity contribution in [3.05, 3.63) is 35.2 Å². The number of piperidine rings is 1. The highest BCUT2D eigenvalue weighted by Gasteiger charge is 2.33. The second-order valence-electron chi connectivity index (χ2n) is 6.15. The van der Waals surface area contributed by atoms with Crippen LogP contribution in [0, 0.1) is 12.3 Å². The number of alkyl halides is 3. The van der Waals surface area contributed by atoms with Crippen molar-refractivity contribution >= 4 is 5.96 Å². The minimum absolute atomic E-state index is 0.0159. The Hall–Kier alpha value is -2.58. The Balaban J connectivity index is 1.86. The fourth-order valence-corrected chi connectivity index (χ4v) is 2.98. The van der Waals surface area contributed by atoms with E-state index in [9.17, 15) is 13.2 Å². The Morgan fingerprint density at radius 3 is 2.84 bits per heavy atom. The van der Waals surface area contributed by atoms with E-state index in [-0.39, 0.29) is 28.8 Å². The summed E-state index contributed by atoms with van der Waals surface area (Å²) >= 11 is 0. The lowest BCUT2D eigenvalue weighted by molar-refractivity contribution is -0.138. The molecule has 0 aliphatic carbocycles. The summed E-state index contributed by atoms with van der Waals surface area (Å²) in [5.74, 6) is 0.375. The molecule has 1 aliphatic rings. The molecule has 134 valence electrons. The molecule has 1 aliphatic heterocycles. The zero-order chi connectivity index (χ0) is 18.2. The van der Waals surface area contributed by atoms with Crippen LogP contribution >= 0.6 is 0 Å². The third-order valence-corrected chi connectivity index (χ3v) is 4.35. The summed E-state index contributed by atoms with van der Waals surface area (Å²) in [6.07, 6.45) is -2.81. The number of hydrogen-bond donors (Lipinski definition) is 2. The number of nitrogens with zero attached hydrogens (tertiary/aromatic N) is 3. The minimum Gasteiger partial charge on any atom is -0.370 e. The normalized spacial score (nSPS) is 18.4. The molecule has 2 aromatic rings. The topological polar surface area (TPSA) is 92.0 Å². The van der Waals surface area contributed by atoms with Gasteiger partial charge in [0.05, 0.1) is 11.5 Å². The molecule has 9 heteroatoms. The molecule has 0 bridgehead atoms. The fraction of sp³-hybridized carbons (Fsp3) is 0.438. The Labute approximate surface area is 142 Å². The highest BCUT2D eigenvalue weighted by atomic mass is 19.4. The van der Waals surface area contributed by atoms with Crippen LogP contribution in [-0.2, 0) is 6.18 Å². The molecule has 0 saturated carbocycles. The van der Waals surface area contributed by atoms with Crippen LogP contribution in [0.5, 0.6) is 0 Å². The summed E-state index contributed by atoms with van der Waals surface area (Å²) in [6, 6.07) is 3.97. The van der Waals surface area contributed by atoms with Gasteiger partial charge in [-0.25, -0.2) is 0 Å². The summed E-state index contributed by atoms with van der Waals surface area (Å²) in [6.45, 7) is 2.59. The standard InChI is InChI=1S/C16H18F3N5O/c1-9-4-5-10(7-12(9)16(17,18)19)13-22-14(25-23-13)11-3-2-6-24(8-11)15(20)21/h4-5,7,11H,2-3,6,8H2,1H3,(H3,20,21)/t11-/m1/s1. The molecule has 0 unspecified atom stereocenters. The third kappa shape index (κ3) is 3.59.